The first-order chi connectivity index (χ1) is 16.6. The fourth-order valence-electron chi connectivity index (χ4n) is 3.32. The normalized spacial score (nSPS) is 10.8. The summed E-state index contributed by atoms with van der Waals surface area (Å²) in [5.41, 5.74) is 4.85. The van der Waals surface area contributed by atoms with Gasteiger partial charge in [0, 0.05) is 20.0 Å². The summed E-state index contributed by atoms with van der Waals surface area (Å²) in [7, 11) is 0. The Morgan fingerprint density at radius 2 is 1.66 bits per heavy atom. The van der Waals surface area contributed by atoms with Crippen molar-refractivity contribution in [3.05, 3.63) is 90.9 Å². The molecular weight excluding hydrogens is 623 g/mol. The number of carbonyl (C=O) groups excluding carboxylic acids is 3. The zero-order valence-electron chi connectivity index (χ0n) is 18.0. The topological polar surface area (TPSA) is 92.2 Å². The van der Waals surface area contributed by atoms with Crippen LogP contribution in [0.15, 0.2) is 69.6 Å². The minimum Gasteiger partial charge on any atom is -0.321 e. The number of halogens is 4. The highest BCUT2D eigenvalue weighted by Crippen LogP contribution is 2.29. The lowest BCUT2D eigenvalue weighted by Crippen LogP contribution is -2.36. The Labute approximate surface area is 227 Å². The van der Waals surface area contributed by atoms with Crippen molar-refractivity contribution in [3.63, 3.8) is 0 Å². The van der Waals surface area contributed by atoms with Gasteiger partial charge < -0.3 is 10.6 Å². The maximum atomic E-state index is 13.2. The van der Waals surface area contributed by atoms with Crippen LogP contribution in [0.3, 0.4) is 0 Å². The molecule has 0 radical (unpaired) electrons. The third-order valence-corrected chi connectivity index (χ3v) is 7.23. The molecule has 3 amide bonds. The van der Waals surface area contributed by atoms with Gasteiger partial charge in [0.25, 0.3) is 5.91 Å². The van der Waals surface area contributed by atoms with Crippen LogP contribution in [0.4, 0.5) is 11.4 Å². The molecule has 7 nitrogen and oxygen atoms in total. The van der Waals surface area contributed by atoms with E-state index in [1.807, 2.05) is 19.1 Å². The van der Waals surface area contributed by atoms with Gasteiger partial charge in [0.05, 0.1) is 21.2 Å². The number of fused-ring (bicyclic) bond motifs is 1. The first-order valence-corrected chi connectivity index (χ1v) is 12.4. The van der Waals surface area contributed by atoms with Crippen molar-refractivity contribution in [2.45, 2.75) is 6.92 Å². The van der Waals surface area contributed by atoms with E-state index in [9.17, 15) is 14.4 Å². The lowest BCUT2D eigenvalue weighted by molar-refractivity contribution is -0.133. The van der Waals surface area contributed by atoms with E-state index >= 15 is 0 Å². The summed E-state index contributed by atoms with van der Waals surface area (Å²) in [5, 5.41) is 6.26. The van der Waals surface area contributed by atoms with Crippen LogP contribution in [0.1, 0.15) is 16.1 Å². The molecule has 1 aromatic heterocycles. The second kappa shape index (κ2) is 10.4. The van der Waals surface area contributed by atoms with Gasteiger partial charge in [-0.2, -0.15) is 0 Å². The highest BCUT2D eigenvalue weighted by atomic mass is 79.9. The number of hydrogen-bond donors (Lipinski definition) is 3. The number of hydrogen-bond acceptors (Lipinski definition) is 3. The van der Waals surface area contributed by atoms with Crippen molar-refractivity contribution >= 4 is 95.1 Å². The highest BCUT2D eigenvalue weighted by Gasteiger charge is 2.22. The molecule has 0 fully saturated rings. The third kappa shape index (κ3) is 5.54. The second-order valence-electron chi connectivity index (χ2n) is 7.48. The quantitative estimate of drug-likeness (QED) is 0.216. The average Bonchev–Trinajstić information content (AvgIpc) is 3.16. The molecule has 0 atom stereocenters. The van der Waals surface area contributed by atoms with Crippen molar-refractivity contribution in [1.29, 1.82) is 0 Å². The van der Waals surface area contributed by atoms with Crippen LogP contribution in [0, 0.1) is 6.92 Å². The summed E-state index contributed by atoms with van der Waals surface area (Å²) in [6.07, 6.45) is 0. The summed E-state index contributed by atoms with van der Waals surface area (Å²) < 4.78 is 2.97. The van der Waals surface area contributed by atoms with Crippen molar-refractivity contribution in [3.8, 4) is 0 Å². The molecule has 11 heteroatoms. The molecule has 4 rings (SSSR count). The van der Waals surface area contributed by atoms with Gasteiger partial charge in [-0.05, 0) is 67.1 Å². The van der Waals surface area contributed by atoms with E-state index < -0.39 is 17.7 Å². The number of aromatic nitrogens is 1. The first kappa shape index (κ1) is 25.2. The smallest absolute Gasteiger partial charge is 0.321 e. The third-order valence-electron chi connectivity index (χ3n) is 5.03. The molecule has 178 valence electrons. The Morgan fingerprint density at radius 1 is 0.886 bits per heavy atom. The maximum absolute atomic E-state index is 13.2. The summed E-state index contributed by atoms with van der Waals surface area (Å²) in [4.78, 5) is 38.5. The Kier molecular flexibility index (Phi) is 7.51. The number of nitrogens with zero attached hydrogens (tertiary/aromatic N) is 1. The van der Waals surface area contributed by atoms with Gasteiger partial charge in [0.2, 0.25) is 0 Å². The molecule has 0 saturated carbocycles. The minimum atomic E-state index is -1.00. The number of anilines is 2. The van der Waals surface area contributed by atoms with Gasteiger partial charge >= 0.3 is 11.8 Å². The monoisotopic (exact) mass is 636 g/mol. The van der Waals surface area contributed by atoms with E-state index in [0.29, 0.717) is 16.6 Å². The number of nitrogens with one attached hydrogen (secondary N) is 3. The van der Waals surface area contributed by atoms with Crippen LogP contribution < -0.4 is 16.1 Å². The van der Waals surface area contributed by atoms with Crippen LogP contribution in [0.5, 0.6) is 0 Å². The number of benzene rings is 3. The predicted molar refractivity (Wildman–Crippen MR) is 146 cm³/mol. The summed E-state index contributed by atoms with van der Waals surface area (Å²) in [5.74, 6) is -2.46. The second-order valence-corrected chi connectivity index (χ2v) is 10.0. The van der Waals surface area contributed by atoms with Crippen LogP contribution in [0.25, 0.3) is 10.9 Å². The fourth-order valence-corrected chi connectivity index (χ4v) is 4.30. The number of amides is 3. The van der Waals surface area contributed by atoms with Gasteiger partial charge in [-0.1, -0.05) is 61.1 Å². The SMILES string of the molecule is Cc1cc(NC(=O)c2cc3cc(Br)ccc3n2NC(=O)C(=O)Nc2cccc(Cl)c2Cl)ccc1Br. The zero-order valence-corrected chi connectivity index (χ0v) is 22.6. The van der Waals surface area contributed by atoms with Gasteiger partial charge in [-0.15, -0.1) is 0 Å². The van der Waals surface area contributed by atoms with E-state index in [1.54, 1.807) is 42.5 Å². The summed E-state index contributed by atoms with van der Waals surface area (Å²) >= 11 is 18.9. The molecule has 0 bridgehead atoms. The Morgan fingerprint density at radius 3 is 2.40 bits per heavy atom. The molecule has 3 N–H and O–H groups in total. The molecule has 0 saturated heterocycles. The molecule has 35 heavy (non-hydrogen) atoms. The van der Waals surface area contributed by atoms with Crippen LogP contribution in [-0.4, -0.2) is 22.4 Å². The molecule has 0 aliphatic heterocycles. The summed E-state index contributed by atoms with van der Waals surface area (Å²) in [6.45, 7) is 1.90. The van der Waals surface area contributed by atoms with Crippen molar-refractivity contribution in [1.82, 2.24) is 4.68 Å². The van der Waals surface area contributed by atoms with E-state index in [1.165, 1.54) is 10.7 Å². The van der Waals surface area contributed by atoms with Gasteiger partial charge in [0.1, 0.15) is 5.69 Å². The molecule has 0 unspecified atom stereocenters. The summed E-state index contributed by atoms with van der Waals surface area (Å²) in [6, 6.07) is 16.9. The van der Waals surface area contributed by atoms with Gasteiger partial charge in [-0.3, -0.25) is 19.8 Å². The molecule has 0 aliphatic rings. The Balaban J connectivity index is 1.64. The molecule has 0 aliphatic carbocycles. The van der Waals surface area contributed by atoms with E-state index in [-0.39, 0.29) is 21.4 Å². The highest BCUT2D eigenvalue weighted by molar-refractivity contribution is 9.10. The van der Waals surface area contributed by atoms with Crippen LogP contribution in [0.2, 0.25) is 10.0 Å². The molecular formula is C24H16Br2Cl2N4O3. The molecule has 1 heterocycles. The molecule has 0 spiro atoms. The maximum Gasteiger partial charge on any atom is 0.328 e. The minimum absolute atomic E-state index is 0.108. The largest absolute Gasteiger partial charge is 0.328 e. The van der Waals surface area contributed by atoms with E-state index in [2.05, 4.69) is 47.9 Å². The number of rotatable bonds is 4. The zero-order chi connectivity index (χ0) is 25.3. The lowest BCUT2D eigenvalue weighted by Gasteiger charge is -2.13. The van der Waals surface area contributed by atoms with E-state index in [4.69, 9.17) is 23.2 Å². The predicted octanol–water partition coefficient (Wildman–Crippen LogP) is 6.74. The fraction of sp³-hybridized carbons (Fsp3) is 0.0417. The van der Waals surface area contributed by atoms with E-state index in [0.717, 1.165) is 14.5 Å². The van der Waals surface area contributed by atoms with Crippen molar-refractivity contribution < 1.29 is 14.4 Å². The number of aryl methyl sites for hydroxylation is 1. The van der Waals surface area contributed by atoms with Crippen LogP contribution >= 0.6 is 55.1 Å². The standard InChI is InChI=1S/C24H16Br2Cl2N4O3/c1-12-9-15(6-7-16(12)26)29-22(33)20-11-13-10-14(25)5-8-19(13)32(20)31-24(35)23(34)30-18-4-2-3-17(27)21(18)28/h2-11H,1H3,(H,29,33)(H,30,34)(H,31,35). The Hall–Kier alpha value is -2.85. The number of carbonyl (C=O) groups is 3. The molecule has 4 aromatic rings. The van der Waals surface area contributed by atoms with Crippen LogP contribution in [-0.2, 0) is 9.59 Å². The lowest BCUT2D eigenvalue weighted by atomic mass is 10.2. The molecule has 3 aromatic carbocycles. The van der Waals surface area contributed by atoms with Gasteiger partial charge in [-0.25, -0.2) is 4.68 Å². The van der Waals surface area contributed by atoms with Crippen molar-refractivity contribution in [2.75, 3.05) is 16.1 Å². The first-order valence-electron chi connectivity index (χ1n) is 10.1. The Bertz CT molecular complexity index is 1500. The van der Waals surface area contributed by atoms with Gasteiger partial charge in [0.15, 0.2) is 0 Å². The van der Waals surface area contributed by atoms with Crippen molar-refractivity contribution in [2.24, 2.45) is 0 Å². The average molecular weight is 639 g/mol.